The molecule has 0 amide bonds. The number of nitrogens with one attached hydrogen (secondary N) is 1. The van der Waals surface area contributed by atoms with E-state index in [0.717, 1.165) is 25.9 Å². The number of hydrogen-bond acceptors (Lipinski definition) is 2. The minimum absolute atomic E-state index is 0.0155. The molecule has 5 heteroatoms. The van der Waals surface area contributed by atoms with Crippen molar-refractivity contribution in [1.82, 2.24) is 5.32 Å². The van der Waals surface area contributed by atoms with Gasteiger partial charge in [-0.05, 0) is 32.4 Å². The molecule has 0 aliphatic carbocycles. The van der Waals surface area contributed by atoms with Crippen LogP contribution in [-0.4, -0.2) is 25.0 Å². The fraction of sp³-hybridized carbons (Fsp3) is 0.909. The van der Waals surface area contributed by atoms with E-state index in [-0.39, 0.29) is 18.6 Å². The van der Waals surface area contributed by atoms with Crippen molar-refractivity contribution < 1.29 is 18.0 Å². The van der Waals surface area contributed by atoms with Gasteiger partial charge in [-0.15, -0.1) is 0 Å². The summed E-state index contributed by atoms with van der Waals surface area (Å²) in [7, 11) is 0. The van der Waals surface area contributed by atoms with Crippen molar-refractivity contribution in [3.8, 4) is 0 Å². The SMILES string of the molecule is CC1(C(=O)CCCC(F)(F)F)CCNCC1. The van der Waals surface area contributed by atoms with Gasteiger partial charge in [-0.25, -0.2) is 0 Å². The summed E-state index contributed by atoms with van der Waals surface area (Å²) in [6.07, 6.45) is -3.56. The number of Topliss-reactive ketones (excluding diaryl/α,β-unsaturated/α-hetero) is 1. The Morgan fingerprint density at radius 1 is 1.31 bits per heavy atom. The van der Waals surface area contributed by atoms with Crippen LogP contribution in [0.15, 0.2) is 0 Å². The number of piperidine rings is 1. The molecule has 0 aromatic heterocycles. The third kappa shape index (κ3) is 4.12. The third-order valence-electron chi connectivity index (χ3n) is 3.24. The van der Waals surface area contributed by atoms with Crippen LogP contribution in [0.2, 0.25) is 0 Å². The molecule has 0 spiro atoms. The largest absolute Gasteiger partial charge is 0.389 e. The van der Waals surface area contributed by atoms with Crippen molar-refractivity contribution in [3.63, 3.8) is 0 Å². The minimum atomic E-state index is -4.14. The monoisotopic (exact) mass is 237 g/mol. The van der Waals surface area contributed by atoms with Gasteiger partial charge in [0, 0.05) is 18.3 Å². The highest BCUT2D eigenvalue weighted by molar-refractivity contribution is 5.84. The molecule has 1 fully saturated rings. The Hall–Kier alpha value is -0.580. The molecule has 0 aromatic carbocycles. The fourth-order valence-corrected chi connectivity index (χ4v) is 2.01. The van der Waals surface area contributed by atoms with Gasteiger partial charge in [-0.3, -0.25) is 4.79 Å². The normalized spacial score (nSPS) is 20.8. The average Bonchev–Trinajstić information content (AvgIpc) is 2.16. The molecule has 0 aromatic rings. The maximum atomic E-state index is 11.9. The molecule has 1 aliphatic rings. The summed E-state index contributed by atoms with van der Waals surface area (Å²) in [5.74, 6) is -0.0155. The van der Waals surface area contributed by atoms with Gasteiger partial charge >= 0.3 is 6.18 Å². The number of hydrogen-bond donors (Lipinski definition) is 1. The van der Waals surface area contributed by atoms with Crippen molar-refractivity contribution in [1.29, 1.82) is 0 Å². The number of carbonyl (C=O) groups excluding carboxylic acids is 1. The van der Waals surface area contributed by atoms with Crippen molar-refractivity contribution in [2.24, 2.45) is 5.41 Å². The lowest BCUT2D eigenvalue weighted by Gasteiger charge is -2.32. The van der Waals surface area contributed by atoms with Crippen molar-refractivity contribution in [2.75, 3.05) is 13.1 Å². The van der Waals surface area contributed by atoms with Gasteiger partial charge in [0.2, 0.25) is 0 Å². The van der Waals surface area contributed by atoms with Crippen molar-refractivity contribution in [2.45, 2.75) is 45.2 Å². The number of ketones is 1. The number of rotatable bonds is 4. The molecule has 1 rings (SSSR count). The van der Waals surface area contributed by atoms with Gasteiger partial charge in [0.15, 0.2) is 0 Å². The lowest BCUT2D eigenvalue weighted by molar-refractivity contribution is -0.139. The molecule has 0 radical (unpaired) electrons. The molecule has 1 heterocycles. The third-order valence-corrected chi connectivity index (χ3v) is 3.24. The predicted molar refractivity (Wildman–Crippen MR) is 55.1 cm³/mol. The zero-order valence-electron chi connectivity index (χ0n) is 9.49. The van der Waals surface area contributed by atoms with E-state index in [1.165, 1.54) is 0 Å². The summed E-state index contributed by atoms with van der Waals surface area (Å²) < 4.78 is 35.8. The van der Waals surface area contributed by atoms with Crippen molar-refractivity contribution >= 4 is 5.78 Å². The van der Waals surface area contributed by atoms with E-state index in [0.29, 0.717) is 0 Å². The summed E-state index contributed by atoms with van der Waals surface area (Å²) in [4.78, 5) is 11.8. The molecule has 16 heavy (non-hydrogen) atoms. The van der Waals surface area contributed by atoms with Crippen LogP contribution < -0.4 is 5.32 Å². The average molecular weight is 237 g/mol. The second-order valence-electron chi connectivity index (χ2n) is 4.70. The van der Waals surface area contributed by atoms with E-state index in [1.54, 1.807) is 0 Å². The Kier molecular flexibility index (Phi) is 4.35. The van der Waals surface area contributed by atoms with E-state index in [4.69, 9.17) is 0 Å². The standard InChI is InChI=1S/C11H18F3NO/c1-10(5-7-15-8-6-10)9(16)3-2-4-11(12,13)14/h15H,2-8H2,1H3. The van der Waals surface area contributed by atoms with E-state index < -0.39 is 18.0 Å². The molecular formula is C11H18F3NO. The smallest absolute Gasteiger partial charge is 0.317 e. The molecule has 0 atom stereocenters. The molecule has 2 nitrogen and oxygen atoms in total. The molecule has 1 N–H and O–H groups in total. The van der Waals surface area contributed by atoms with Crippen LogP contribution in [0.1, 0.15) is 39.0 Å². The van der Waals surface area contributed by atoms with E-state index in [2.05, 4.69) is 5.32 Å². The lowest BCUT2D eigenvalue weighted by atomic mass is 9.76. The van der Waals surface area contributed by atoms with Crippen LogP contribution in [-0.2, 0) is 4.79 Å². The second-order valence-corrected chi connectivity index (χ2v) is 4.70. The Bertz CT molecular complexity index is 244. The fourth-order valence-electron chi connectivity index (χ4n) is 2.01. The van der Waals surface area contributed by atoms with E-state index >= 15 is 0 Å². The Morgan fingerprint density at radius 3 is 2.38 bits per heavy atom. The molecule has 0 unspecified atom stereocenters. The van der Waals surface area contributed by atoms with Gasteiger partial charge in [0.1, 0.15) is 5.78 Å². The van der Waals surface area contributed by atoms with Crippen LogP contribution in [0.5, 0.6) is 0 Å². The van der Waals surface area contributed by atoms with E-state index in [1.807, 2.05) is 6.92 Å². The Labute approximate surface area is 93.6 Å². The summed E-state index contributed by atoms with van der Waals surface area (Å²) in [5, 5.41) is 3.14. The second kappa shape index (κ2) is 5.17. The zero-order valence-corrected chi connectivity index (χ0v) is 9.49. The highest BCUT2D eigenvalue weighted by Gasteiger charge is 2.34. The predicted octanol–water partition coefficient (Wildman–Crippen LogP) is 2.68. The number of alkyl halides is 3. The maximum Gasteiger partial charge on any atom is 0.389 e. The van der Waals surface area contributed by atoms with Crippen LogP contribution in [0, 0.1) is 5.41 Å². The minimum Gasteiger partial charge on any atom is -0.317 e. The lowest BCUT2D eigenvalue weighted by Crippen LogP contribution is -2.40. The van der Waals surface area contributed by atoms with Gasteiger partial charge in [-0.1, -0.05) is 6.92 Å². The first-order valence-corrected chi connectivity index (χ1v) is 5.64. The molecular weight excluding hydrogens is 219 g/mol. The van der Waals surface area contributed by atoms with Crippen LogP contribution >= 0.6 is 0 Å². The maximum absolute atomic E-state index is 11.9. The molecule has 1 saturated heterocycles. The highest BCUT2D eigenvalue weighted by atomic mass is 19.4. The Morgan fingerprint density at radius 2 is 1.88 bits per heavy atom. The first-order chi connectivity index (χ1) is 7.33. The highest BCUT2D eigenvalue weighted by Crippen LogP contribution is 2.32. The molecule has 0 saturated carbocycles. The van der Waals surface area contributed by atoms with E-state index in [9.17, 15) is 18.0 Å². The van der Waals surface area contributed by atoms with Crippen LogP contribution in [0.4, 0.5) is 13.2 Å². The van der Waals surface area contributed by atoms with Gasteiger partial charge < -0.3 is 5.32 Å². The molecule has 94 valence electrons. The van der Waals surface area contributed by atoms with Gasteiger partial charge in [0.25, 0.3) is 0 Å². The van der Waals surface area contributed by atoms with Gasteiger partial charge in [-0.2, -0.15) is 13.2 Å². The molecule has 0 bridgehead atoms. The zero-order chi connectivity index (χ0) is 12.2. The summed E-state index contributed by atoms with van der Waals surface area (Å²) in [6.45, 7) is 3.42. The number of halogens is 3. The summed E-state index contributed by atoms with van der Waals surface area (Å²) >= 11 is 0. The Balaban J connectivity index is 2.34. The number of carbonyl (C=O) groups is 1. The van der Waals surface area contributed by atoms with Crippen LogP contribution in [0.3, 0.4) is 0 Å². The molecule has 1 aliphatic heterocycles. The topological polar surface area (TPSA) is 29.1 Å². The van der Waals surface area contributed by atoms with Gasteiger partial charge in [0.05, 0.1) is 0 Å². The van der Waals surface area contributed by atoms with Crippen LogP contribution in [0.25, 0.3) is 0 Å². The summed E-state index contributed by atoms with van der Waals surface area (Å²) in [6, 6.07) is 0. The quantitative estimate of drug-likeness (QED) is 0.814. The first-order valence-electron chi connectivity index (χ1n) is 5.64. The summed E-state index contributed by atoms with van der Waals surface area (Å²) in [5.41, 5.74) is -0.406. The van der Waals surface area contributed by atoms with Crippen molar-refractivity contribution in [3.05, 3.63) is 0 Å². The first kappa shape index (κ1) is 13.5.